The number of alkyl halides is 6. The number of aliphatic hydroxyl groups is 1. The fraction of sp³-hybridized carbons (Fsp3) is 0.571. The van der Waals surface area contributed by atoms with Crippen molar-refractivity contribution >= 4 is 0 Å². The number of hydrogen-bond acceptors (Lipinski definition) is 1. The van der Waals surface area contributed by atoms with Crippen molar-refractivity contribution in [3.05, 3.63) is 35.9 Å². The van der Waals surface area contributed by atoms with Gasteiger partial charge in [0.15, 0.2) is 0 Å². The number of benzene rings is 1. The molecule has 0 fully saturated rings. The highest BCUT2D eigenvalue weighted by atomic mass is 19.4. The minimum atomic E-state index is -5.69. The average Bonchev–Trinajstić information content (AvgIpc) is 2.37. The Hall–Kier alpha value is -1.24. The number of rotatable bonds is 2. The van der Waals surface area contributed by atoms with Gasteiger partial charge < -0.3 is 5.11 Å². The molecule has 0 bridgehead atoms. The van der Waals surface area contributed by atoms with Gasteiger partial charge in [-0.25, -0.2) is 0 Å². The molecule has 0 aliphatic rings. The minimum Gasteiger partial charge on any atom is -0.374 e. The van der Waals surface area contributed by atoms with Crippen LogP contribution in [0.2, 0.25) is 0 Å². The summed E-state index contributed by atoms with van der Waals surface area (Å²) in [7, 11) is 0. The summed E-state index contributed by atoms with van der Waals surface area (Å²) < 4.78 is 68.2. The van der Waals surface area contributed by atoms with Gasteiger partial charge in [0, 0.05) is 0 Å². The third-order valence-electron chi connectivity index (χ3n) is 3.08. The standard InChI is InChI=1S/C10H14.C4H4F6O/c1-3-9(2)10-7-5-4-6-8-10;1-2(11,3(5,6)7)4(8,9)10/h4-9H,3H2,1-2H3;11H,1H3. The van der Waals surface area contributed by atoms with Crippen molar-refractivity contribution in [2.75, 3.05) is 0 Å². The Labute approximate surface area is 119 Å². The summed E-state index contributed by atoms with van der Waals surface area (Å²) in [4.78, 5) is 0. The van der Waals surface area contributed by atoms with E-state index >= 15 is 0 Å². The van der Waals surface area contributed by atoms with Crippen LogP contribution < -0.4 is 0 Å². The smallest absolute Gasteiger partial charge is 0.374 e. The monoisotopic (exact) mass is 316 g/mol. The van der Waals surface area contributed by atoms with E-state index in [-0.39, 0.29) is 6.92 Å². The van der Waals surface area contributed by atoms with Crippen LogP contribution in [0.3, 0.4) is 0 Å². The maximum Gasteiger partial charge on any atom is 0.425 e. The molecule has 0 aliphatic carbocycles. The summed E-state index contributed by atoms with van der Waals surface area (Å²) in [5, 5.41) is 7.94. The lowest BCUT2D eigenvalue weighted by molar-refractivity contribution is -0.360. The van der Waals surface area contributed by atoms with Gasteiger partial charge in [-0.15, -0.1) is 0 Å². The first kappa shape index (κ1) is 19.8. The molecule has 0 spiro atoms. The fourth-order valence-electron chi connectivity index (χ4n) is 1.18. The normalized spacial score (nSPS) is 14.2. The van der Waals surface area contributed by atoms with Crippen LogP contribution in [0.4, 0.5) is 26.3 Å². The SMILES string of the molecule is CC(O)(C(F)(F)F)C(F)(F)F.CCC(C)c1ccccc1. The van der Waals surface area contributed by atoms with Crippen molar-refractivity contribution in [3.8, 4) is 0 Å². The lowest BCUT2D eigenvalue weighted by Crippen LogP contribution is -2.54. The van der Waals surface area contributed by atoms with Gasteiger partial charge in [0.05, 0.1) is 0 Å². The summed E-state index contributed by atoms with van der Waals surface area (Å²) in [6, 6.07) is 10.6. The lowest BCUT2D eigenvalue weighted by atomic mass is 9.99. The highest BCUT2D eigenvalue weighted by Crippen LogP contribution is 2.42. The predicted octanol–water partition coefficient (Wildman–Crippen LogP) is 5.06. The van der Waals surface area contributed by atoms with Gasteiger partial charge in [0.1, 0.15) is 0 Å². The molecular formula is C14H18F6O. The second-order valence-corrected chi connectivity index (χ2v) is 4.79. The van der Waals surface area contributed by atoms with Gasteiger partial charge in [-0.3, -0.25) is 0 Å². The van der Waals surface area contributed by atoms with Crippen LogP contribution in [0, 0.1) is 0 Å². The molecule has 0 heterocycles. The van der Waals surface area contributed by atoms with E-state index in [1.165, 1.54) is 12.0 Å². The Balaban J connectivity index is 0.000000382. The quantitative estimate of drug-likeness (QED) is 0.756. The van der Waals surface area contributed by atoms with Gasteiger partial charge in [-0.1, -0.05) is 44.2 Å². The highest BCUT2D eigenvalue weighted by molar-refractivity contribution is 5.18. The summed E-state index contributed by atoms with van der Waals surface area (Å²) in [6.07, 6.45) is -10.2. The van der Waals surface area contributed by atoms with E-state index < -0.39 is 18.0 Å². The first-order valence-corrected chi connectivity index (χ1v) is 6.25. The lowest BCUT2D eigenvalue weighted by Gasteiger charge is -2.28. The predicted molar refractivity (Wildman–Crippen MR) is 67.9 cm³/mol. The second kappa shape index (κ2) is 7.15. The Kier molecular flexibility index (Phi) is 6.73. The molecule has 1 aromatic rings. The summed E-state index contributed by atoms with van der Waals surface area (Å²) >= 11 is 0. The average molecular weight is 316 g/mol. The van der Waals surface area contributed by atoms with E-state index in [9.17, 15) is 26.3 Å². The van der Waals surface area contributed by atoms with E-state index in [4.69, 9.17) is 5.11 Å². The first-order valence-electron chi connectivity index (χ1n) is 6.25. The van der Waals surface area contributed by atoms with E-state index in [1.807, 2.05) is 0 Å². The fourth-order valence-corrected chi connectivity index (χ4v) is 1.18. The highest BCUT2D eigenvalue weighted by Gasteiger charge is 2.67. The van der Waals surface area contributed by atoms with Crippen LogP contribution in [-0.2, 0) is 0 Å². The molecule has 0 amide bonds. The van der Waals surface area contributed by atoms with Crippen LogP contribution in [-0.4, -0.2) is 23.1 Å². The molecule has 0 aromatic heterocycles. The zero-order chi connectivity index (χ0) is 16.9. The van der Waals surface area contributed by atoms with Crippen LogP contribution in [0.5, 0.6) is 0 Å². The number of hydrogen-bond donors (Lipinski definition) is 1. The van der Waals surface area contributed by atoms with Gasteiger partial charge in [0.2, 0.25) is 0 Å². The molecule has 0 saturated carbocycles. The van der Waals surface area contributed by atoms with Crippen LogP contribution in [0.15, 0.2) is 30.3 Å². The summed E-state index contributed by atoms with van der Waals surface area (Å²) in [6.45, 7) is 4.14. The minimum absolute atomic E-state index is 0.340. The maximum atomic E-state index is 11.4. The van der Waals surface area contributed by atoms with Crippen LogP contribution >= 0.6 is 0 Å². The molecular weight excluding hydrogens is 298 g/mol. The van der Waals surface area contributed by atoms with E-state index in [2.05, 4.69) is 44.2 Å². The Morgan fingerprint density at radius 1 is 0.952 bits per heavy atom. The summed E-state index contributed by atoms with van der Waals surface area (Å²) in [5.74, 6) is 0.709. The van der Waals surface area contributed by atoms with Crippen LogP contribution in [0.25, 0.3) is 0 Å². The van der Waals surface area contributed by atoms with Crippen molar-refractivity contribution in [1.82, 2.24) is 0 Å². The van der Waals surface area contributed by atoms with Crippen molar-refractivity contribution in [3.63, 3.8) is 0 Å². The van der Waals surface area contributed by atoms with Gasteiger partial charge in [-0.2, -0.15) is 26.3 Å². The molecule has 21 heavy (non-hydrogen) atoms. The molecule has 1 nitrogen and oxygen atoms in total. The van der Waals surface area contributed by atoms with E-state index in [0.717, 1.165) is 0 Å². The molecule has 1 N–H and O–H groups in total. The zero-order valence-corrected chi connectivity index (χ0v) is 11.9. The topological polar surface area (TPSA) is 20.2 Å². The third kappa shape index (κ3) is 5.57. The Morgan fingerprint density at radius 2 is 1.33 bits per heavy atom. The number of halogens is 6. The van der Waals surface area contributed by atoms with Crippen molar-refractivity contribution in [1.29, 1.82) is 0 Å². The van der Waals surface area contributed by atoms with E-state index in [0.29, 0.717) is 5.92 Å². The second-order valence-electron chi connectivity index (χ2n) is 4.79. The third-order valence-corrected chi connectivity index (χ3v) is 3.08. The van der Waals surface area contributed by atoms with E-state index in [1.54, 1.807) is 0 Å². The van der Waals surface area contributed by atoms with Gasteiger partial charge in [0.25, 0.3) is 5.60 Å². The van der Waals surface area contributed by atoms with Gasteiger partial charge >= 0.3 is 12.4 Å². The van der Waals surface area contributed by atoms with Crippen molar-refractivity contribution < 1.29 is 31.4 Å². The molecule has 1 atom stereocenters. The molecule has 1 rings (SSSR count). The molecule has 0 aliphatic heterocycles. The zero-order valence-electron chi connectivity index (χ0n) is 11.9. The molecule has 1 aromatic carbocycles. The molecule has 0 saturated heterocycles. The molecule has 7 heteroatoms. The molecule has 122 valence electrons. The van der Waals surface area contributed by atoms with Crippen LogP contribution in [0.1, 0.15) is 38.7 Å². The summed E-state index contributed by atoms with van der Waals surface area (Å²) in [5.41, 5.74) is -3.18. The van der Waals surface area contributed by atoms with Crippen molar-refractivity contribution in [2.24, 2.45) is 0 Å². The largest absolute Gasteiger partial charge is 0.425 e. The van der Waals surface area contributed by atoms with Crippen molar-refractivity contribution in [2.45, 2.75) is 51.1 Å². The Bertz CT molecular complexity index is 392. The molecule has 0 radical (unpaired) electrons. The maximum absolute atomic E-state index is 11.4. The molecule has 1 unspecified atom stereocenters. The van der Waals surface area contributed by atoms with Gasteiger partial charge in [-0.05, 0) is 24.8 Å². The Morgan fingerprint density at radius 3 is 1.57 bits per heavy atom. The first-order chi connectivity index (χ1) is 9.34.